The van der Waals surface area contributed by atoms with Crippen LogP contribution in [-0.2, 0) is 29.5 Å². The number of sulfonamides is 2. The smallest absolute Gasteiger partial charge is 0.246 e. The van der Waals surface area contributed by atoms with Crippen LogP contribution in [0.15, 0.2) is 109 Å². The number of pyridine rings is 4. The van der Waals surface area contributed by atoms with Gasteiger partial charge in [-0.2, -0.15) is 0 Å². The minimum absolute atomic E-state index is 0.00703. The van der Waals surface area contributed by atoms with Crippen molar-refractivity contribution in [1.82, 2.24) is 49.5 Å². The second-order valence-electron chi connectivity index (χ2n) is 22.0. The zero-order chi connectivity index (χ0) is 64.1. The molecule has 24 nitrogen and oxygen atoms in total. The van der Waals surface area contributed by atoms with E-state index >= 15 is 0 Å². The van der Waals surface area contributed by atoms with Crippen molar-refractivity contribution in [2.45, 2.75) is 63.6 Å². The van der Waals surface area contributed by atoms with Crippen LogP contribution in [0.25, 0.3) is 34.4 Å². The fraction of sp³-hybridized carbons (Fsp3) is 0.379. The molecule has 0 radical (unpaired) electrons. The average Bonchev–Trinajstić information content (AvgIpc) is 2.24. The first kappa shape index (κ1) is 67.3. The van der Waals surface area contributed by atoms with Gasteiger partial charge in [0.15, 0.2) is 11.6 Å². The van der Waals surface area contributed by atoms with E-state index < -0.39 is 71.5 Å². The van der Waals surface area contributed by atoms with E-state index in [0.29, 0.717) is 69.6 Å². The van der Waals surface area contributed by atoms with Crippen LogP contribution in [-0.4, -0.2) is 164 Å². The van der Waals surface area contributed by atoms with Gasteiger partial charge in [-0.05, 0) is 72.8 Å². The molecule has 0 bridgehead atoms. The third-order valence-corrected chi connectivity index (χ3v) is 20.5. The molecule has 0 aliphatic carbocycles. The highest BCUT2D eigenvalue weighted by atomic mass is 32.2. The standard InChI is InChI=1S/2C29H37FN6O6SSi/c2*1-39-23-11-9-12-24(40-2)27(23)36-28(22-10-8-13-26(32-22)42-4)33-34-29(36)35(16-17-44(5,6)7)43(37,38)19-25(41-3)21-15-14-20(30)18-31-21/h2*8-15,18,25H,16-17,19H2,1-7H3/t2*25-/m10/s1. The highest BCUT2D eigenvalue weighted by Gasteiger charge is 2.38. The average molecular weight is 1290 g/mol. The molecule has 0 aliphatic heterocycles. The zero-order valence-electron chi connectivity index (χ0n) is 51.6. The van der Waals surface area contributed by atoms with Gasteiger partial charge in [0.1, 0.15) is 81.1 Å². The second-order valence-corrected chi connectivity index (χ2v) is 37.2. The van der Waals surface area contributed by atoms with Gasteiger partial charge in [0.2, 0.25) is 43.7 Å². The Morgan fingerprint density at radius 2 is 0.807 bits per heavy atom. The molecule has 0 saturated carbocycles. The number of halogens is 2. The predicted octanol–water partition coefficient (Wildman–Crippen LogP) is 9.50. The molecule has 30 heteroatoms. The number of benzene rings is 2. The Labute approximate surface area is 513 Å². The largest absolute Gasteiger partial charge is 0.494 e. The fourth-order valence-electron chi connectivity index (χ4n) is 8.90. The van der Waals surface area contributed by atoms with Crippen molar-refractivity contribution in [3.8, 4) is 69.2 Å². The molecule has 0 unspecified atom stereocenters. The van der Waals surface area contributed by atoms with E-state index in [1.807, 2.05) is 0 Å². The number of para-hydroxylation sites is 2. The van der Waals surface area contributed by atoms with Gasteiger partial charge in [0, 0.05) is 55.6 Å². The van der Waals surface area contributed by atoms with Crippen LogP contribution in [0.2, 0.25) is 51.4 Å². The van der Waals surface area contributed by atoms with E-state index in [0.717, 1.165) is 12.4 Å². The summed E-state index contributed by atoms with van der Waals surface area (Å²) in [6.07, 6.45) is 0.0856. The van der Waals surface area contributed by atoms with E-state index in [2.05, 4.69) is 79.6 Å². The molecule has 6 heterocycles. The third-order valence-electron chi connectivity index (χ3n) is 13.6. The summed E-state index contributed by atoms with van der Waals surface area (Å²) in [6, 6.07) is 27.2. The van der Waals surface area contributed by atoms with E-state index in [1.54, 1.807) is 81.9 Å². The maximum atomic E-state index is 14.4. The van der Waals surface area contributed by atoms with Crippen LogP contribution in [0.1, 0.15) is 23.6 Å². The summed E-state index contributed by atoms with van der Waals surface area (Å²) in [6.45, 7) is 13.1. The molecule has 8 rings (SSSR count). The summed E-state index contributed by atoms with van der Waals surface area (Å²) in [4.78, 5) is 17.2. The quantitative estimate of drug-likeness (QED) is 0.0413. The highest BCUT2D eigenvalue weighted by molar-refractivity contribution is 7.93. The molecule has 0 aliphatic rings. The number of nitrogens with zero attached hydrogens (tertiary/aromatic N) is 12. The minimum Gasteiger partial charge on any atom is -0.494 e. The SMILES string of the molecule is COc1cccc(-c2nnc(N(CC[Si](C)(C)C)S(=O)(=O)C[C@@H](OC)c3ccc(F)cn3)n2-c2c(OC)cccc2OC)n1.COc1cccc(-c2nnc(N(CC[Si](C)(C)C)S(=O)(=O)C[C@H](OC)c3ccc(F)cn3)n2-c2c(OC)cccc2OC)n1. The monoisotopic (exact) mass is 1290 g/mol. The number of anilines is 2. The third kappa shape index (κ3) is 16.3. The lowest BCUT2D eigenvalue weighted by Gasteiger charge is -2.28. The van der Waals surface area contributed by atoms with Gasteiger partial charge < -0.3 is 37.9 Å². The minimum atomic E-state index is -4.17. The highest BCUT2D eigenvalue weighted by Crippen LogP contribution is 2.42. The summed E-state index contributed by atoms with van der Waals surface area (Å²) in [7, 11) is -0.125. The second kappa shape index (κ2) is 29.2. The lowest BCUT2D eigenvalue weighted by Crippen LogP contribution is -2.40. The molecule has 0 amide bonds. The Bertz CT molecular complexity index is 3570. The molecule has 2 atom stereocenters. The van der Waals surface area contributed by atoms with Gasteiger partial charge in [-0.25, -0.2) is 44.2 Å². The van der Waals surface area contributed by atoms with Crippen molar-refractivity contribution in [2.24, 2.45) is 0 Å². The Morgan fingerprint density at radius 1 is 0.466 bits per heavy atom. The van der Waals surface area contributed by atoms with E-state index in [9.17, 15) is 25.6 Å². The summed E-state index contributed by atoms with van der Waals surface area (Å²) in [5.74, 6) is 0.660. The first-order chi connectivity index (χ1) is 41.8. The Hall–Kier alpha value is -8.17. The van der Waals surface area contributed by atoms with Gasteiger partial charge in [-0.3, -0.25) is 19.1 Å². The van der Waals surface area contributed by atoms with Crippen molar-refractivity contribution in [3.05, 3.63) is 132 Å². The zero-order valence-corrected chi connectivity index (χ0v) is 55.3. The first-order valence-corrected chi connectivity index (χ1v) is 38.1. The summed E-state index contributed by atoms with van der Waals surface area (Å²) >= 11 is 0. The molecule has 0 fully saturated rings. The maximum Gasteiger partial charge on any atom is 0.246 e. The van der Waals surface area contributed by atoms with Gasteiger partial charge in [-0.1, -0.05) is 63.5 Å². The number of ether oxygens (including phenoxy) is 8. The maximum absolute atomic E-state index is 14.4. The molecule has 2 aromatic carbocycles. The predicted molar refractivity (Wildman–Crippen MR) is 335 cm³/mol. The van der Waals surface area contributed by atoms with Crippen LogP contribution >= 0.6 is 0 Å². The first-order valence-electron chi connectivity index (χ1n) is 27.5. The molecule has 88 heavy (non-hydrogen) atoms. The summed E-state index contributed by atoms with van der Waals surface area (Å²) in [5.41, 5.74) is 2.07. The van der Waals surface area contributed by atoms with Crippen LogP contribution in [0.4, 0.5) is 20.7 Å². The summed E-state index contributed by atoms with van der Waals surface area (Å²) < 4.78 is 135. The number of hydrogen-bond acceptors (Lipinski definition) is 20. The number of aromatic nitrogens is 10. The Kier molecular flexibility index (Phi) is 22.4. The van der Waals surface area contributed by atoms with E-state index in [4.69, 9.17) is 37.9 Å². The number of rotatable bonds is 28. The molecule has 0 N–H and O–H groups in total. The topological polar surface area (TPSA) is 262 Å². The molecule has 8 aromatic rings. The van der Waals surface area contributed by atoms with Gasteiger partial charge in [0.05, 0.1) is 66.4 Å². The fourth-order valence-corrected chi connectivity index (χ4v) is 14.2. The van der Waals surface area contributed by atoms with Crippen molar-refractivity contribution in [3.63, 3.8) is 0 Å². The summed E-state index contributed by atoms with van der Waals surface area (Å²) in [5, 5.41) is 17.8. The van der Waals surface area contributed by atoms with E-state index in [1.165, 1.54) is 89.8 Å². The van der Waals surface area contributed by atoms with Crippen molar-refractivity contribution in [2.75, 3.05) is 90.1 Å². The van der Waals surface area contributed by atoms with Crippen LogP contribution < -0.4 is 37.0 Å². The molecule has 0 spiro atoms. The van der Waals surface area contributed by atoms with Crippen LogP contribution in [0.5, 0.6) is 34.8 Å². The Morgan fingerprint density at radius 3 is 1.09 bits per heavy atom. The van der Waals surface area contributed by atoms with Crippen LogP contribution in [0, 0.1) is 11.6 Å². The molecule has 0 saturated heterocycles. The number of hydrogen-bond donors (Lipinski definition) is 0. The van der Waals surface area contributed by atoms with Gasteiger partial charge >= 0.3 is 0 Å². The lowest BCUT2D eigenvalue weighted by molar-refractivity contribution is 0.118. The van der Waals surface area contributed by atoms with Gasteiger partial charge in [0.25, 0.3) is 0 Å². The normalized spacial score (nSPS) is 12.5. The van der Waals surface area contributed by atoms with E-state index in [-0.39, 0.29) is 48.0 Å². The van der Waals surface area contributed by atoms with Crippen LogP contribution in [0.3, 0.4) is 0 Å². The molecule has 6 aromatic heterocycles. The molecular weight excluding hydrogens is 1220 g/mol. The van der Waals surface area contributed by atoms with Crippen molar-refractivity contribution < 1.29 is 63.5 Å². The van der Waals surface area contributed by atoms with Crippen molar-refractivity contribution >= 4 is 48.1 Å². The molecular formula is C58H74F2N12O12S2Si2. The van der Waals surface area contributed by atoms with Crippen molar-refractivity contribution in [1.29, 1.82) is 0 Å². The molecule has 472 valence electrons. The lowest BCUT2D eigenvalue weighted by atomic mass is 10.2. The van der Waals surface area contributed by atoms with Gasteiger partial charge in [-0.15, -0.1) is 20.4 Å². The number of methoxy groups -OCH3 is 8. The Balaban J connectivity index is 0.000000251.